The summed E-state index contributed by atoms with van der Waals surface area (Å²) in [5.41, 5.74) is 1.51. The van der Waals surface area contributed by atoms with Crippen molar-refractivity contribution in [3.05, 3.63) is 63.8 Å². The molecule has 0 aliphatic heterocycles. The number of aromatic nitrogens is 4. The van der Waals surface area contributed by atoms with Gasteiger partial charge in [0.15, 0.2) is 5.69 Å². The van der Waals surface area contributed by atoms with Gasteiger partial charge in [-0.15, -0.1) is 0 Å². The fraction of sp³-hybridized carbons (Fsp3) is 0.111. The predicted octanol–water partition coefficient (Wildman–Crippen LogP) is 2.29. The Kier molecular flexibility index (Phi) is 3.73. The van der Waals surface area contributed by atoms with Crippen LogP contribution >= 0.6 is 11.6 Å². The van der Waals surface area contributed by atoms with Crippen LogP contribution in [0.5, 0.6) is 0 Å². The number of nitrogens with zero attached hydrogens (tertiary/aromatic N) is 4. The van der Waals surface area contributed by atoms with Gasteiger partial charge in [-0.25, -0.2) is 0 Å². The fourth-order valence-electron chi connectivity index (χ4n) is 3.13. The van der Waals surface area contributed by atoms with Crippen molar-refractivity contribution in [2.75, 3.05) is 7.05 Å². The first-order valence-electron chi connectivity index (χ1n) is 7.86. The summed E-state index contributed by atoms with van der Waals surface area (Å²) in [7, 11) is 3.30. The topological polar surface area (TPSA) is 81.8 Å². The van der Waals surface area contributed by atoms with Crippen LogP contribution in [0.4, 0.5) is 0 Å². The van der Waals surface area contributed by atoms with Crippen LogP contribution in [0.1, 0.15) is 10.5 Å². The van der Waals surface area contributed by atoms with Crippen LogP contribution in [0.2, 0.25) is 5.02 Å². The molecule has 0 radical (unpaired) electrons. The number of carbonyl (C=O) groups is 1. The van der Waals surface area contributed by atoms with E-state index in [0.717, 1.165) is 10.9 Å². The van der Waals surface area contributed by atoms with E-state index >= 15 is 0 Å². The van der Waals surface area contributed by atoms with Crippen LogP contribution in [-0.4, -0.2) is 32.3 Å². The molecule has 7 nitrogen and oxygen atoms in total. The molecule has 8 heteroatoms. The normalized spacial score (nSPS) is 11.2. The van der Waals surface area contributed by atoms with Gasteiger partial charge in [0.25, 0.3) is 11.5 Å². The minimum absolute atomic E-state index is 0.173. The second-order valence-corrected chi connectivity index (χ2v) is 6.23. The lowest BCUT2D eigenvalue weighted by atomic mass is 10.1. The van der Waals surface area contributed by atoms with Crippen molar-refractivity contribution in [1.82, 2.24) is 24.6 Å². The van der Waals surface area contributed by atoms with E-state index in [4.69, 9.17) is 11.6 Å². The summed E-state index contributed by atoms with van der Waals surface area (Å²) in [6.45, 7) is 0. The lowest BCUT2D eigenvalue weighted by molar-refractivity contribution is 0.0958. The van der Waals surface area contributed by atoms with E-state index in [1.807, 2.05) is 0 Å². The minimum Gasteiger partial charge on any atom is -0.354 e. The van der Waals surface area contributed by atoms with E-state index < -0.39 is 0 Å². The Balaban J connectivity index is 2.24. The summed E-state index contributed by atoms with van der Waals surface area (Å²) in [5.74, 6) is -0.375. The molecule has 4 aromatic rings. The summed E-state index contributed by atoms with van der Waals surface area (Å²) in [6, 6.07) is 8.61. The highest BCUT2D eigenvalue weighted by atomic mass is 35.5. The van der Waals surface area contributed by atoms with Crippen LogP contribution in [0, 0.1) is 0 Å². The Morgan fingerprint density at radius 2 is 1.92 bits per heavy atom. The van der Waals surface area contributed by atoms with Crippen LogP contribution < -0.4 is 10.9 Å². The molecule has 0 aliphatic carbocycles. The smallest absolute Gasteiger partial charge is 0.296 e. The predicted molar refractivity (Wildman–Crippen MR) is 100 cm³/mol. The highest BCUT2D eigenvalue weighted by molar-refractivity contribution is 6.31. The molecule has 3 heterocycles. The lowest BCUT2D eigenvalue weighted by Crippen LogP contribution is -2.28. The van der Waals surface area contributed by atoms with E-state index in [0.29, 0.717) is 21.6 Å². The summed E-state index contributed by atoms with van der Waals surface area (Å²) in [6.07, 6.45) is 3.13. The van der Waals surface area contributed by atoms with Crippen molar-refractivity contribution in [1.29, 1.82) is 0 Å². The monoisotopic (exact) mass is 367 g/mol. The number of benzene rings is 1. The second-order valence-electron chi connectivity index (χ2n) is 5.79. The molecule has 0 aliphatic rings. The molecule has 3 aromatic heterocycles. The van der Waals surface area contributed by atoms with E-state index in [2.05, 4.69) is 15.4 Å². The SMILES string of the molecule is CNC(=O)c1nn(-c2ccncc2)c(=O)c2c1c1ccc(Cl)cc1n2C. The fourth-order valence-corrected chi connectivity index (χ4v) is 3.30. The van der Waals surface area contributed by atoms with Crippen LogP contribution in [0.25, 0.3) is 27.5 Å². The second kappa shape index (κ2) is 5.96. The number of pyridine rings is 1. The van der Waals surface area contributed by atoms with Gasteiger partial charge in [0.2, 0.25) is 0 Å². The quantitative estimate of drug-likeness (QED) is 0.589. The summed E-state index contributed by atoms with van der Waals surface area (Å²) in [5, 5.41) is 8.74. The number of nitrogens with one attached hydrogen (secondary N) is 1. The van der Waals surface area contributed by atoms with Gasteiger partial charge >= 0.3 is 0 Å². The standard InChI is InChI=1S/C18H14ClN5O2/c1-20-17(25)15-14-12-4-3-10(19)9-13(12)23(2)16(14)18(26)24(22-15)11-5-7-21-8-6-11/h3-9H,1-2H3,(H,20,25). The number of fused-ring (bicyclic) bond motifs is 3. The lowest BCUT2D eigenvalue weighted by Gasteiger charge is -2.09. The minimum atomic E-state index is -0.375. The third kappa shape index (κ3) is 2.28. The molecule has 4 rings (SSSR count). The number of hydrogen-bond acceptors (Lipinski definition) is 4. The van der Waals surface area contributed by atoms with E-state index in [1.54, 1.807) is 54.3 Å². The maximum absolute atomic E-state index is 13.2. The van der Waals surface area contributed by atoms with Crippen molar-refractivity contribution >= 4 is 39.3 Å². The first-order chi connectivity index (χ1) is 12.5. The van der Waals surface area contributed by atoms with E-state index in [9.17, 15) is 9.59 Å². The summed E-state index contributed by atoms with van der Waals surface area (Å²) >= 11 is 6.12. The molecule has 0 bridgehead atoms. The maximum Gasteiger partial charge on any atom is 0.296 e. The highest BCUT2D eigenvalue weighted by Crippen LogP contribution is 2.30. The summed E-state index contributed by atoms with van der Waals surface area (Å²) in [4.78, 5) is 29.6. The maximum atomic E-state index is 13.2. The largest absolute Gasteiger partial charge is 0.354 e. The highest BCUT2D eigenvalue weighted by Gasteiger charge is 2.23. The molecule has 0 saturated heterocycles. The van der Waals surface area contributed by atoms with Gasteiger partial charge < -0.3 is 9.88 Å². The third-order valence-electron chi connectivity index (χ3n) is 4.34. The Labute approximate surface area is 152 Å². The van der Waals surface area contributed by atoms with Gasteiger partial charge in [-0.1, -0.05) is 17.7 Å². The average molecular weight is 368 g/mol. The van der Waals surface area contributed by atoms with E-state index in [1.165, 1.54) is 11.7 Å². The van der Waals surface area contributed by atoms with Crippen molar-refractivity contribution in [2.24, 2.45) is 7.05 Å². The molecule has 26 heavy (non-hydrogen) atoms. The Morgan fingerprint density at radius 1 is 1.19 bits per heavy atom. The number of hydrogen-bond donors (Lipinski definition) is 1. The zero-order valence-electron chi connectivity index (χ0n) is 14.0. The molecular weight excluding hydrogens is 354 g/mol. The molecule has 0 fully saturated rings. The molecule has 0 spiro atoms. The van der Waals surface area contributed by atoms with Crippen LogP contribution in [-0.2, 0) is 7.05 Å². The summed E-state index contributed by atoms with van der Waals surface area (Å²) < 4.78 is 2.96. The molecular formula is C18H14ClN5O2. The molecule has 1 aromatic carbocycles. The van der Waals surface area contributed by atoms with Gasteiger partial charge in [0.05, 0.1) is 11.2 Å². The van der Waals surface area contributed by atoms with Gasteiger partial charge in [-0.3, -0.25) is 14.6 Å². The Hall–Kier alpha value is -3.19. The van der Waals surface area contributed by atoms with Gasteiger partial charge in [0.1, 0.15) is 5.52 Å². The third-order valence-corrected chi connectivity index (χ3v) is 4.58. The number of rotatable bonds is 2. The molecule has 0 atom stereocenters. The number of aryl methyl sites for hydroxylation is 1. The molecule has 1 amide bonds. The van der Waals surface area contributed by atoms with Crippen molar-refractivity contribution in [2.45, 2.75) is 0 Å². The molecule has 0 unspecified atom stereocenters. The van der Waals surface area contributed by atoms with Crippen molar-refractivity contribution in [3.63, 3.8) is 0 Å². The number of amides is 1. The van der Waals surface area contributed by atoms with Gasteiger partial charge in [-0.05, 0) is 24.3 Å². The Morgan fingerprint density at radius 3 is 2.62 bits per heavy atom. The zero-order chi connectivity index (χ0) is 18.4. The first-order valence-corrected chi connectivity index (χ1v) is 8.24. The van der Waals surface area contributed by atoms with E-state index in [-0.39, 0.29) is 17.2 Å². The molecule has 0 saturated carbocycles. The van der Waals surface area contributed by atoms with Crippen molar-refractivity contribution < 1.29 is 4.79 Å². The van der Waals surface area contributed by atoms with Gasteiger partial charge in [0, 0.05) is 42.3 Å². The molecule has 1 N–H and O–H groups in total. The number of halogens is 1. The van der Waals surface area contributed by atoms with Gasteiger partial charge in [-0.2, -0.15) is 9.78 Å². The van der Waals surface area contributed by atoms with Crippen LogP contribution in [0.3, 0.4) is 0 Å². The number of carbonyl (C=O) groups excluding carboxylic acids is 1. The van der Waals surface area contributed by atoms with Crippen molar-refractivity contribution in [3.8, 4) is 5.69 Å². The Bertz CT molecular complexity index is 1230. The molecule has 130 valence electrons. The zero-order valence-corrected chi connectivity index (χ0v) is 14.8. The average Bonchev–Trinajstić information content (AvgIpc) is 2.95. The first kappa shape index (κ1) is 16.3. The van der Waals surface area contributed by atoms with Crippen LogP contribution in [0.15, 0.2) is 47.5 Å².